The molecule has 2 heterocycles. The Balaban J connectivity index is 1.76. The Morgan fingerprint density at radius 2 is 1.75 bits per heavy atom. The third kappa shape index (κ3) is 7.18. The van der Waals surface area contributed by atoms with Gasteiger partial charge in [0, 0.05) is 44.7 Å². The lowest BCUT2D eigenvalue weighted by Crippen LogP contribution is -2.36. The first-order valence-corrected chi connectivity index (χ1v) is 12.0. The van der Waals surface area contributed by atoms with Crippen LogP contribution in [-0.2, 0) is 22.7 Å². The van der Waals surface area contributed by atoms with Gasteiger partial charge in [0.05, 0.1) is 0 Å². The van der Waals surface area contributed by atoms with Crippen molar-refractivity contribution in [3.05, 3.63) is 42.5 Å². The molecule has 1 aromatic carbocycles. The number of para-hydroxylation sites is 1. The maximum atomic E-state index is 13.1. The smallest absolute Gasteiger partial charge is 0.227 e. The van der Waals surface area contributed by atoms with Gasteiger partial charge >= 0.3 is 0 Å². The largest absolute Gasteiger partial charge is 0.338 e. The van der Waals surface area contributed by atoms with E-state index in [1.165, 1.54) is 6.33 Å². The van der Waals surface area contributed by atoms with Gasteiger partial charge in [0.15, 0.2) is 0 Å². The monoisotopic (exact) mass is 439 g/mol. The van der Waals surface area contributed by atoms with Crippen molar-refractivity contribution in [2.45, 2.75) is 78.3 Å². The van der Waals surface area contributed by atoms with E-state index < -0.39 is 0 Å². The standard InChI is InChI=1S/C25H37N5O2/c1-21(2)17-25(32)30-16-9-5-3-4-8-14-28(18-22-11-6-7-12-23(22)30)24(31)13-10-15-29-20-26-19-27-29/h6-7,11-12,19-21H,3-5,8-10,13-18H2,1-2H3. The van der Waals surface area contributed by atoms with Gasteiger partial charge in [-0.2, -0.15) is 5.10 Å². The highest BCUT2D eigenvalue weighted by atomic mass is 16.2. The summed E-state index contributed by atoms with van der Waals surface area (Å²) >= 11 is 0. The van der Waals surface area contributed by atoms with Crippen molar-refractivity contribution >= 4 is 17.5 Å². The number of aryl methyl sites for hydroxylation is 1. The van der Waals surface area contributed by atoms with Crippen LogP contribution < -0.4 is 4.90 Å². The summed E-state index contributed by atoms with van der Waals surface area (Å²) in [6.07, 6.45) is 10.4. The summed E-state index contributed by atoms with van der Waals surface area (Å²) in [6.45, 7) is 6.91. The summed E-state index contributed by atoms with van der Waals surface area (Å²) in [4.78, 5) is 34.1. The lowest BCUT2D eigenvalue weighted by Gasteiger charge is -2.30. The molecule has 0 atom stereocenters. The molecule has 32 heavy (non-hydrogen) atoms. The Hall–Kier alpha value is -2.70. The topological polar surface area (TPSA) is 71.3 Å². The number of carbonyl (C=O) groups is 2. The van der Waals surface area contributed by atoms with Crippen LogP contribution in [0.4, 0.5) is 5.69 Å². The van der Waals surface area contributed by atoms with Gasteiger partial charge in [0.25, 0.3) is 0 Å². The molecule has 3 rings (SSSR count). The quantitative estimate of drug-likeness (QED) is 0.668. The fraction of sp³-hybridized carbons (Fsp3) is 0.600. The molecule has 7 heteroatoms. The lowest BCUT2D eigenvalue weighted by molar-refractivity contribution is -0.132. The molecule has 0 saturated heterocycles. The number of hydrogen-bond acceptors (Lipinski definition) is 4. The molecule has 174 valence electrons. The van der Waals surface area contributed by atoms with Gasteiger partial charge in [-0.25, -0.2) is 4.98 Å². The summed E-state index contributed by atoms with van der Waals surface area (Å²) in [5.74, 6) is 0.659. The van der Waals surface area contributed by atoms with E-state index in [0.29, 0.717) is 31.8 Å². The van der Waals surface area contributed by atoms with Gasteiger partial charge in [0.1, 0.15) is 12.7 Å². The summed E-state index contributed by atoms with van der Waals surface area (Å²) in [7, 11) is 0. The average Bonchev–Trinajstić information content (AvgIpc) is 3.27. The molecule has 2 amide bonds. The summed E-state index contributed by atoms with van der Waals surface area (Å²) in [6, 6.07) is 8.09. The van der Waals surface area contributed by atoms with Crippen molar-refractivity contribution in [1.29, 1.82) is 0 Å². The van der Waals surface area contributed by atoms with Gasteiger partial charge in [-0.05, 0) is 36.8 Å². The van der Waals surface area contributed by atoms with Crippen molar-refractivity contribution in [1.82, 2.24) is 19.7 Å². The number of anilines is 1. The molecule has 0 aliphatic carbocycles. The van der Waals surface area contributed by atoms with Crippen LogP contribution in [0.1, 0.15) is 70.8 Å². The SMILES string of the molecule is CC(C)CC(=O)N1CCCCCCCN(C(=O)CCCn2cncn2)Cc2ccccc21. The molecule has 0 radical (unpaired) electrons. The fourth-order valence-electron chi connectivity index (χ4n) is 4.25. The Bertz CT molecular complexity index is 850. The van der Waals surface area contributed by atoms with Gasteiger partial charge in [-0.3, -0.25) is 14.3 Å². The maximum Gasteiger partial charge on any atom is 0.227 e. The average molecular weight is 440 g/mol. The van der Waals surface area contributed by atoms with Crippen molar-refractivity contribution in [3.8, 4) is 0 Å². The Morgan fingerprint density at radius 3 is 2.50 bits per heavy atom. The van der Waals surface area contributed by atoms with Gasteiger partial charge < -0.3 is 9.80 Å². The third-order valence-corrected chi connectivity index (χ3v) is 5.93. The van der Waals surface area contributed by atoms with E-state index in [4.69, 9.17) is 0 Å². The fourth-order valence-corrected chi connectivity index (χ4v) is 4.25. The minimum atomic E-state index is 0.164. The van der Waals surface area contributed by atoms with Crippen LogP contribution in [0.3, 0.4) is 0 Å². The number of nitrogens with zero attached hydrogens (tertiary/aromatic N) is 5. The Morgan fingerprint density at radius 1 is 1.00 bits per heavy atom. The van der Waals surface area contributed by atoms with Crippen molar-refractivity contribution in [2.24, 2.45) is 5.92 Å². The number of aromatic nitrogens is 3. The highest BCUT2D eigenvalue weighted by Crippen LogP contribution is 2.26. The number of fused-ring (bicyclic) bond motifs is 1. The molecule has 0 N–H and O–H groups in total. The van der Waals surface area contributed by atoms with Crippen molar-refractivity contribution < 1.29 is 9.59 Å². The first-order chi connectivity index (χ1) is 15.5. The molecule has 7 nitrogen and oxygen atoms in total. The van der Waals surface area contributed by atoms with Crippen LogP contribution in [0.5, 0.6) is 0 Å². The molecule has 0 spiro atoms. The number of hydrogen-bond donors (Lipinski definition) is 0. The van der Waals surface area contributed by atoms with Gasteiger partial charge in [-0.1, -0.05) is 51.3 Å². The zero-order valence-electron chi connectivity index (χ0n) is 19.6. The van der Waals surface area contributed by atoms with E-state index >= 15 is 0 Å². The first kappa shape index (κ1) is 24.0. The third-order valence-electron chi connectivity index (χ3n) is 5.93. The number of rotatable bonds is 6. The second-order valence-corrected chi connectivity index (χ2v) is 9.12. The highest BCUT2D eigenvalue weighted by molar-refractivity contribution is 5.94. The van der Waals surface area contributed by atoms with Crippen LogP contribution in [0.15, 0.2) is 36.9 Å². The predicted molar refractivity (Wildman–Crippen MR) is 126 cm³/mol. The van der Waals surface area contributed by atoms with E-state index in [2.05, 4.69) is 30.0 Å². The Labute approximate surface area is 191 Å². The first-order valence-electron chi connectivity index (χ1n) is 12.0. The van der Waals surface area contributed by atoms with E-state index in [-0.39, 0.29) is 11.8 Å². The molecule has 0 fully saturated rings. The van der Waals surface area contributed by atoms with Gasteiger partial charge in [-0.15, -0.1) is 0 Å². The lowest BCUT2D eigenvalue weighted by atomic mass is 10.0. The zero-order valence-corrected chi connectivity index (χ0v) is 19.6. The molecule has 2 aromatic rings. The molecule has 0 bridgehead atoms. The van der Waals surface area contributed by atoms with E-state index in [1.807, 2.05) is 28.0 Å². The van der Waals surface area contributed by atoms with Crippen LogP contribution >= 0.6 is 0 Å². The normalized spacial score (nSPS) is 15.7. The predicted octanol–water partition coefficient (Wildman–Crippen LogP) is 4.43. The minimum Gasteiger partial charge on any atom is -0.338 e. The summed E-state index contributed by atoms with van der Waals surface area (Å²) in [5.41, 5.74) is 2.01. The number of benzene rings is 1. The van der Waals surface area contributed by atoms with Crippen LogP contribution in [0.2, 0.25) is 0 Å². The van der Waals surface area contributed by atoms with Crippen LogP contribution in [0.25, 0.3) is 0 Å². The molecule has 1 aliphatic heterocycles. The molecular weight excluding hydrogens is 402 g/mol. The molecule has 1 aromatic heterocycles. The number of carbonyl (C=O) groups excluding carboxylic acids is 2. The summed E-state index contributed by atoms with van der Waals surface area (Å²) < 4.78 is 1.76. The number of amides is 2. The Kier molecular flexibility index (Phi) is 9.26. The van der Waals surface area contributed by atoms with Crippen LogP contribution in [-0.4, -0.2) is 44.6 Å². The second-order valence-electron chi connectivity index (χ2n) is 9.12. The second kappa shape index (κ2) is 12.4. The van der Waals surface area contributed by atoms with E-state index in [9.17, 15) is 9.59 Å². The van der Waals surface area contributed by atoms with Crippen molar-refractivity contribution in [2.75, 3.05) is 18.0 Å². The molecule has 0 unspecified atom stereocenters. The maximum absolute atomic E-state index is 13.1. The molecular formula is C25H37N5O2. The summed E-state index contributed by atoms with van der Waals surface area (Å²) in [5, 5.41) is 4.11. The molecule has 1 aliphatic rings. The highest BCUT2D eigenvalue weighted by Gasteiger charge is 2.22. The minimum absolute atomic E-state index is 0.164. The molecule has 0 saturated carbocycles. The van der Waals surface area contributed by atoms with E-state index in [1.54, 1.807) is 11.0 Å². The zero-order chi connectivity index (χ0) is 22.8. The van der Waals surface area contributed by atoms with E-state index in [0.717, 1.165) is 62.9 Å². The van der Waals surface area contributed by atoms with Crippen molar-refractivity contribution in [3.63, 3.8) is 0 Å². The van der Waals surface area contributed by atoms with Gasteiger partial charge in [0.2, 0.25) is 11.8 Å². The van der Waals surface area contributed by atoms with Crippen LogP contribution in [0, 0.1) is 5.92 Å².